The second-order valence-electron chi connectivity index (χ2n) is 13.1. The number of phenols is 1. The molecule has 2 bridgehead atoms. The minimum Gasteiger partial charge on any atom is -0.508 e. The highest BCUT2D eigenvalue weighted by Gasteiger charge is 2.33. The van der Waals surface area contributed by atoms with Gasteiger partial charge in [-0.2, -0.15) is 18.9 Å². The van der Waals surface area contributed by atoms with Gasteiger partial charge in [0.25, 0.3) is 0 Å². The topological polar surface area (TPSA) is 250 Å². The number of fused-ring (bicyclic) bond motifs is 3. The Bertz CT molecular complexity index is 1490. The molecule has 7 atom stereocenters. The zero-order chi connectivity index (χ0) is 37.7. The molecule has 7 amide bonds. The number of amides is 7. The summed E-state index contributed by atoms with van der Waals surface area (Å²) in [7, 11) is -0.692. The van der Waals surface area contributed by atoms with Crippen molar-refractivity contribution in [3.05, 3.63) is 29.8 Å². The van der Waals surface area contributed by atoms with Crippen molar-refractivity contribution < 1.29 is 38.7 Å². The van der Waals surface area contributed by atoms with E-state index >= 15 is 0 Å². The van der Waals surface area contributed by atoms with Crippen LogP contribution in [0.1, 0.15) is 45.1 Å². The number of nitrogens with one attached hydrogen (secondary N) is 7. The van der Waals surface area contributed by atoms with Gasteiger partial charge in [0.2, 0.25) is 41.4 Å². The van der Waals surface area contributed by atoms with E-state index in [0.29, 0.717) is 36.5 Å². The maximum Gasteiger partial charge on any atom is 0.244 e. The van der Waals surface area contributed by atoms with E-state index in [1.54, 1.807) is 12.1 Å². The Hall–Kier alpha value is -4.03. The van der Waals surface area contributed by atoms with Gasteiger partial charge in [0.1, 0.15) is 36.0 Å². The second-order valence-corrected chi connectivity index (χ2v) is 19.5. The maximum atomic E-state index is 13.8. The lowest BCUT2D eigenvalue weighted by Crippen LogP contribution is -2.59. The SMILES string of the molecule is CC(C)C[C@@H]1NC(=O)[C@H](CCCCN)NC(=O)[C@H](Cc2ccc(O)cc2)NC(=O)CNC(=O)[C@@H]2C/S(C)=S(/C)C[C@H](NC(=O)CNC1=O)C(=O)N2. The van der Waals surface area contributed by atoms with Crippen molar-refractivity contribution in [2.75, 3.05) is 43.7 Å². The van der Waals surface area contributed by atoms with Crippen molar-refractivity contribution in [1.82, 2.24) is 37.2 Å². The van der Waals surface area contributed by atoms with Crippen LogP contribution in [0.15, 0.2) is 24.3 Å². The molecule has 1 aromatic carbocycles. The summed E-state index contributed by atoms with van der Waals surface area (Å²) >= 11 is 0. The van der Waals surface area contributed by atoms with E-state index < -0.39 is 84.6 Å². The Morgan fingerprint density at radius 2 is 1.24 bits per heavy atom. The van der Waals surface area contributed by atoms with Gasteiger partial charge in [-0.25, -0.2) is 0 Å². The molecule has 0 radical (unpaired) electrons. The molecule has 1 fully saturated rings. The Balaban J connectivity index is 1.99. The molecule has 18 heteroatoms. The smallest absolute Gasteiger partial charge is 0.244 e. The van der Waals surface area contributed by atoms with E-state index in [4.69, 9.17) is 5.73 Å². The summed E-state index contributed by atoms with van der Waals surface area (Å²) in [6, 6.07) is 0.745. The zero-order valence-electron chi connectivity index (χ0n) is 29.5. The molecular formula is C33H52N8O8S2. The first-order valence-corrected chi connectivity index (χ1v) is 21.1. The van der Waals surface area contributed by atoms with Crippen LogP contribution < -0.4 is 43.0 Å². The third kappa shape index (κ3) is 13.6. The number of phenolic OH excluding ortho intramolecular Hbond substituents is 1. The Kier molecular flexibility index (Phi) is 16.3. The van der Waals surface area contributed by atoms with Crippen molar-refractivity contribution in [3.63, 3.8) is 0 Å². The van der Waals surface area contributed by atoms with Crippen molar-refractivity contribution in [2.24, 2.45) is 11.7 Å². The zero-order valence-corrected chi connectivity index (χ0v) is 31.2. The summed E-state index contributed by atoms with van der Waals surface area (Å²) in [5, 5.41) is 28.3. The van der Waals surface area contributed by atoms with E-state index in [9.17, 15) is 38.7 Å². The average Bonchev–Trinajstić information content (AvgIpc) is 3.07. The predicted octanol–water partition coefficient (Wildman–Crippen LogP) is -2.80. The predicted molar refractivity (Wildman–Crippen MR) is 196 cm³/mol. The van der Waals surface area contributed by atoms with Gasteiger partial charge >= 0.3 is 0 Å². The summed E-state index contributed by atoms with van der Waals surface area (Å²) in [5.74, 6) is -3.80. The van der Waals surface area contributed by atoms with Crippen LogP contribution in [0.4, 0.5) is 0 Å². The number of rotatable bonds is 8. The van der Waals surface area contributed by atoms with Crippen LogP contribution in [0, 0.1) is 5.92 Å². The van der Waals surface area contributed by atoms with Gasteiger partial charge in [0, 0.05) is 17.9 Å². The molecule has 1 saturated heterocycles. The number of benzene rings is 1. The van der Waals surface area contributed by atoms with Crippen LogP contribution in [-0.2, 0) is 58.9 Å². The van der Waals surface area contributed by atoms with Gasteiger partial charge in [-0.3, -0.25) is 33.6 Å². The number of unbranched alkanes of at least 4 members (excludes halogenated alkanes) is 1. The van der Waals surface area contributed by atoms with Crippen LogP contribution in [0.25, 0.3) is 0 Å². The molecule has 284 valence electrons. The Labute approximate surface area is 302 Å². The molecule has 0 aromatic heterocycles. The van der Waals surface area contributed by atoms with Crippen molar-refractivity contribution in [2.45, 2.75) is 76.2 Å². The minimum absolute atomic E-state index is 0.0103. The van der Waals surface area contributed by atoms with Crippen molar-refractivity contribution in [3.8, 4) is 5.75 Å². The maximum absolute atomic E-state index is 13.8. The number of hydrogen-bond acceptors (Lipinski definition) is 9. The van der Waals surface area contributed by atoms with Crippen LogP contribution >= 0.6 is 0 Å². The number of aromatic hydroxyl groups is 1. The van der Waals surface area contributed by atoms with Crippen LogP contribution in [0.3, 0.4) is 0 Å². The fourth-order valence-electron chi connectivity index (χ4n) is 5.50. The fraction of sp³-hybridized carbons (Fsp3) is 0.606. The second kappa shape index (κ2) is 20.1. The molecule has 16 nitrogen and oxygen atoms in total. The lowest BCUT2D eigenvalue weighted by Gasteiger charge is -2.28. The van der Waals surface area contributed by atoms with Gasteiger partial charge in [-0.05, 0) is 68.4 Å². The largest absolute Gasteiger partial charge is 0.508 e. The number of hydrogen-bond donors (Lipinski definition) is 9. The first kappa shape index (κ1) is 41.4. The molecule has 0 spiro atoms. The van der Waals surface area contributed by atoms with Crippen molar-refractivity contribution >= 4 is 60.3 Å². The molecule has 2 aliphatic heterocycles. The summed E-state index contributed by atoms with van der Waals surface area (Å²) in [6.45, 7) is 3.12. The quantitative estimate of drug-likeness (QED) is 0.124. The normalized spacial score (nSPS) is 27.7. The summed E-state index contributed by atoms with van der Waals surface area (Å²) in [4.78, 5) is 93.6. The first-order chi connectivity index (χ1) is 24.2. The van der Waals surface area contributed by atoms with Gasteiger partial charge < -0.3 is 48.1 Å². The van der Waals surface area contributed by atoms with E-state index in [1.807, 2.05) is 26.4 Å². The molecular weight excluding hydrogens is 701 g/mol. The number of carbonyl (C=O) groups excluding carboxylic acids is 7. The lowest BCUT2D eigenvalue weighted by atomic mass is 10.0. The van der Waals surface area contributed by atoms with E-state index in [1.165, 1.54) is 12.1 Å². The number of nitrogens with two attached hydrogens (primary N) is 1. The summed E-state index contributed by atoms with van der Waals surface area (Å²) in [5.41, 5.74) is 6.28. The highest BCUT2D eigenvalue weighted by atomic mass is 32.9. The monoisotopic (exact) mass is 752 g/mol. The highest BCUT2D eigenvalue weighted by Crippen LogP contribution is 2.13. The average molecular weight is 753 g/mol. The molecule has 51 heavy (non-hydrogen) atoms. The fourth-order valence-corrected chi connectivity index (χ4v) is 9.58. The molecule has 0 saturated carbocycles. The van der Waals surface area contributed by atoms with E-state index in [-0.39, 0.29) is 49.8 Å². The van der Waals surface area contributed by atoms with E-state index in [0.717, 1.165) is 0 Å². The number of carbonyl (C=O) groups is 7. The lowest BCUT2D eigenvalue weighted by molar-refractivity contribution is -0.134. The van der Waals surface area contributed by atoms with Crippen molar-refractivity contribution in [1.29, 1.82) is 0 Å². The molecule has 0 aliphatic carbocycles. The van der Waals surface area contributed by atoms with Crippen LogP contribution in [0.5, 0.6) is 5.75 Å². The van der Waals surface area contributed by atoms with Gasteiger partial charge in [0.05, 0.1) is 13.1 Å². The summed E-state index contributed by atoms with van der Waals surface area (Å²) in [6.07, 6.45) is 5.36. The molecule has 2 heterocycles. The Morgan fingerprint density at radius 1 is 0.686 bits per heavy atom. The molecule has 2 unspecified atom stereocenters. The molecule has 3 rings (SSSR count). The van der Waals surface area contributed by atoms with E-state index in [2.05, 4.69) is 37.2 Å². The van der Waals surface area contributed by atoms with Gasteiger partial charge in [-0.1, -0.05) is 26.0 Å². The minimum atomic E-state index is -1.20. The third-order valence-corrected chi connectivity index (χ3v) is 14.7. The van der Waals surface area contributed by atoms with Gasteiger partial charge in [-0.15, -0.1) is 0 Å². The van der Waals surface area contributed by atoms with Crippen LogP contribution in [-0.4, -0.2) is 120 Å². The Morgan fingerprint density at radius 3 is 1.84 bits per heavy atom. The molecule has 2 aliphatic rings. The first-order valence-electron chi connectivity index (χ1n) is 17.0. The molecule has 1 aromatic rings. The molecule has 10 N–H and O–H groups in total. The third-order valence-electron chi connectivity index (χ3n) is 8.37. The standard InChI is InChI=1S/C33H52N8O8S2/c1-19(2)13-23-29(45)35-16-28(44)38-26-18-51(4)50(3)17-25(41-33(26)49)30(46)36-15-27(43)37-24(14-20-8-10-21(42)11-9-20)32(48)39-22(31(47)40-23)7-5-6-12-34/h8-11,19,22-26,42H,5-7,12-18,34H2,1-4H3,(H,35,45)(H,36,46)(H,37,43)(H,38,44)(H,39,48)(H,40,47)(H,41,49)/t22-,23-,24-,25-,26-,50?,51?/m0/s1. The van der Waals surface area contributed by atoms with Gasteiger partial charge in [0.15, 0.2) is 0 Å². The summed E-state index contributed by atoms with van der Waals surface area (Å²) < 4.78 is 0. The van der Waals surface area contributed by atoms with Crippen LogP contribution in [0.2, 0.25) is 0 Å². The highest BCUT2D eigenvalue weighted by molar-refractivity contribution is 8.43.